The van der Waals surface area contributed by atoms with E-state index in [1.54, 1.807) is 24.2 Å². The minimum absolute atomic E-state index is 0. The van der Waals surface area contributed by atoms with Crippen molar-refractivity contribution in [3.05, 3.63) is 52.4 Å². The number of fused-ring (bicyclic) bond motifs is 1. The average molecular weight is 969 g/mol. The van der Waals surface area contributed by atoms with Crippen LogP contribution in [0, 0.1) is 18.8 Å². The van der Waals surface area contributed by atoms with Gasteiger partial charge in [-0.1, -0.05) is 0 Å². The summed E-state index contributed by atoms with van der Waals surface area (Å²) >= 11 is 3.51. The van der Waals surface area contributed by atoms with E-state index in [1.807, 2.05) is 84.6 Å². The Morgan fingerprint density at radius 1 is 0.859 bits per heavy atom. The molecule has 0 bridgehead atoms. The number of anilines is 1. The van der Waals surface area contributed by atoms with Gasteiger partial charge in [0.2, 0.25) is 0 Å². The molecule has 2 saturated heterocycles. The number of esters is 2. The summed E-state index contributed by atoms with van der Waals surface area (Å²) in [5.74, 6) is 0.851. The Balaban J connectivity index is 0.00000104. The van der Waals surface area contributed by atoms with Gasteiger partial charge in [0, 0.05) is 64.6 Å². The molecule has 5 rings (SSSR count). The molecule has 2 fully saturated rings. The van der Waals surface area contributed by atoms with Crippen molar-refractivity contribution in [2.75, 3.05) is 51.9 Å². The van der Waals surface area contributed by atoms with Gasteiger partial charge in [-0.15, -0.1) is 0 Å². The number of nitrogens with one attached hydrogen (secondary N) is 1. The number of hydrogen-bond acceptors (Lipinski definition) is 12. The maximum absolute atomic E-state index is 12.6. The summed E-state index contributed by atoms with van der Waals surface area (Å²) in [6.07, 6.45) is 6.67. The Kier molecular flexibility index (Phi) is 21.9. The number of alkyl halides is 1. The van der Waals surface area contributed by atoms with Gasteiger partial charge in [0.15, 0.2) is 0 Å². The van der Waals surface area contributed by atoms with Crippen molar-refractivity contribution < 1.29 is 51.5 Å². The van der Waals surface area contributed by atoms with E-state index >= 15 is 0 Å². The fourth-order valence-corrected chi connectivity index (χ4v) is 7.84. The first-order valence-corrected chi connectivity index (χ1v) is 22.7. The van der Waals surface area contributed by atoms with Gasteiger partial charge in [-0.05, 0) is 161 Å². The van der Waals surface area contributed by atoms with Gasteiger partial charge < -0.3 is 38.6 Å². The highest BCUT2D eigenvalue weighted by Crippen LogP contribution is 2.35. The van der Waals surface area contributed by atoms with Crippen LogP contribution < -0.4 is 5.32 Å². The van der Waals surface area contributed by atoms with E-state index < -0.39 is 24.3 Å². The average Bonchev–Trinajstić information content (AvgIpc) is 3.52. The molecule has 3 aromatic rings. The number of ether oxygens (including phenoxy) is 4. The highest BCUT2D eigenvalue weighted by Gasteiger charge is 2.33. The molecule has 0 spiro atoms. The number of pyridine rings is 2. The lowest BCUT2D eigenvalue weighted by Crippen LogP contribution is -2.44. The van der Waals surface area contributed by atoms with E-state index in [-0.39, 0.29) is 39.3 Å². The van der Waals surface area contributed by atoms with Crippen molar-refractivity contribution in [2.45, 2.75) is 138 Å². The minimum atomic E-state index is -1.00. The quantitative estimate of drug-likeness (QED) is 0.116. The van der Waals surface area contributed by atoms with Crippen LogP contribution in [0.4, 0.5) is 19.8 Å². The Bertz CT molecular complexity index is 2000. The third-order valence-electron chi connectivity index (χ3n) is 10.5. The maximum Gasteiger partial charge on any atom is 0.410 e. The molecule has 2 aliphatic rings. The van der Waals surface area contributed by atoms with Crippen molar-refractivity contribution in [3.63, 3.8) is 0 Å². The predicted octanol–water partition coefficient (Wildman–Crippen LogP) is 10.6. The summed E-state index contributed by atoms with van der Waals surface area (Å²) in [6.45, 7) is 26.0. The van der Waals surface area contributed by atoms with Crippen molar-refractivity contribution in [2.24, 2.45) is 11.8 Å². The van der Waals surface area contributed by atoms with Crippen molar-refractivity contribution >= 4 is 62.7 Å². The van der Waals surface area contributed by atoms with Crippen LogP contribution in [0.3, 0.4) is 0 Å². The number of rotatable bonds is 10. The summed E-state index contributed by atoms with van der Waals surface area (Å²) in [6, 6.07) is 8.11. The van der Waals surface area contributed by atoms with E-state index in [9.17, 15) is 28.4 Å². The number of ketones is 1. The third-order valence-corrected chi connectivity index (χ3v) is 11.1. The lowest BCUT2D eigenvalue weighted by atomic mass is 9.90. The number of halogens is 2. The molecule has 2 aliphatic heterocycles. The van der Waals surface area contributed by atoms with E-state index in [2.05, 4.69) is 54.4 Å². The molecule has 0 unspecified atom stereocenters. The molecule has 0 aromatic carbocycles. The summed E-state index contributed by atoms with van der Waals surface area (Å²) in [5, 5.41) is 4.29. The summed E-state index contributed by atoms with van der Waals surface area (Å²) in [4.78, 5) is 70.2. The second-order valence-electron chi connectivity index (χ2n) is 17.7. The number of nitrogens with zero attached hydrogens (tertiary/aromatic N) is 5. The zero-order valence-corrected chi connectivity index (χ0v) is 41.5. The van der Waals surface area contributed by atoms with Gasteiger partial charge in [0.05, 0.1) is 31.8 Å². The third kappa shape index (κ3) is 17.6. The van der Waals surface area contributed by atoms with Crippen LogP contribution in [-0.2, 0) is 28.5 Å². The molecule has 0 saturated carbocycles. The first kappa shape index (κ1) is 53.5. The summed E-state index contributed by atoms with van der Waals surface area (Å²) < 4.78 is 39.4. The number of carbonyl (C=O) groups excluding carboxylic acids is 5. The number of carbonyl (C=O) groups is 5. The molecule has 1 N–H and O–H groups in total. The van der Waals surface area contributed by atoms with Crippen LogP contribution in [0.15, 0.2) is 41.1 Å². The molecule has 5 heterocycles. The molecular weight excluding hydrogens is 891 g/mol. The first-order valence-electron chi connectivity index (χ1n) is 22.6. The van der Waals surface area contributed by atoms with E-state index in [0.29, 0.717) is 49.7 Å². The van der Waals surface area contributed by atoms with Crippen LogP contribution in [0.2, 0.25) is 0 Å². The van der Waals surface area contributed by atoms with Crippen molar-refractivity contribution in [1.82, 2.24) is 24.3 Å². The smallest absolute Gasteiger partial charge is 0.410 e. The lowest BCUT2D eigenvalue weighted by molar-refractivity contribution is -0.145. The zero-order valence-electron chi connectivity index (χ0n) is 40.9. The molecule has 2 amide bonds. The van der Waals surface area contributed by atoms with Gasteiger partial charge in [0.25, 0.3) is 0 Å². The van der Waals surface area contributed by atoms with Crippen LogP contribution in [-0.4, -0.2) is 118 Å². The van der Waals surface area contributed by atoms with Crippen LogP contribution in [0.25, 0.3) is 11.0 Å². The number of likely N-dealkylation sites (tertiary alicyclic amines) is 2. The molecule has 15 nitrogen and oxygen atoms in total. The zero-order chi connectivity index (χ0) is 49.1. The van der Waals surface area contributed by atoms with E-state index in [4.69, 9.17) is 15.6 Å². The standard InChI is InChI=1S/C23H33N3O4.C17H26BrN3O2.C6H10O3.CH3F.2H2/c1-7-29-21(27)19-16(3)26(20-18(19)9-8-12-24-20)15(2)17-10-13-25(14-11-17)22(28)30-23(4,5)6;1-12(20-15-14(18)6-5-9-19-15)13-7-10-21(11-8-13)16(22)23-17(2,3)4;1-3-9-6(8)4-5(2)7;1-2;;/h8-9,12,15,17H,7,10-11,13-14H2,1-6H3;5-6,9,12-13H,7-8,10-11H2,1-4H3,(H,19,20);3-4H2,1-2H3;1H3;2*1H/t15-;12-;;;;/m11..../s1/i;;;1D;;. The van der Waals surface area contributed by atoms with Gasteiger partial charge in [-0.25, -0.2) is 24.4 Å². The number of hydrogen-bond donors (Lipinski definition) is 1. The first-order chi connectivity index (χ1) is 30.5. The highest BCUT2D eigenvalue weighted by atomic mass is 79.9. The molecular formula is C47H76BrFN6O9. The van der Waals surface area contributed by atoms with E-state index in [0.717, 1.165) is 65.8 Å². The molecule has 2 atom stereocenters. The number of aromatic nitrogens is 3. The maximum atomic E-state index is 12.6. The Morgan fingerprint density at radius 2 is 1.34 bits per heavy atom. The monoisotopic (exact) mass is 967 g/mol. The minimum Gasteiger partial charge on any atom is -0.466 e. The SMILES string of the molecule is CCOC(=O)CC(C)=O.CCOC(=O)c1c(C)n([C@H](C)C2CCN(C(=O)OC(C)(C)C)CC2)c2ncccc12.C[C@@H](Nc1ncccc1Br)C1CCN(C(=O)OC(C)(C)C)CC1.[2H]CF.[HH].[HH]. The van der Waals surface area contributed by atoms with Crippen molar-refractivity contribution in [1.29, 1.82) is 0 Å². The normalized spacial score (nSPS) is 15.6. The summed E-state index contributed by atoms with van der Waals surface area (Å²) in [5.41, 5.74) is 1.35. The van der Waals surface area contributed by atoms with Gasteiger partial charge >= 0.3 is 24.1 Å². The lowest BCUT2D eigenvalue weighted by Gasteiger charge is -2.36. The fraction of sp³-hybridized carbons (Fsp3) is 0.638. The second-order valence-corrected chi connectivity index (χ2v) is 18.6. The van der Waals surface area contributed by atoms with Crippen LogP contribution in [0.5, 0.6) is 0 Å². The predicted molar refractivity (Wildman–Crippen MR) is 254 cm³/mol. The Hall–Kier alpha value is -4.80. The van der Waals surface area contributed by atoms with Crippen LogP contribution >= 0.6 is 15.9 Å². The Morgan fingerprint density at radius 3 is 1.81 bits per heavy atom. The van der Waals surface area contributed by atoms with Crippen LogP contribution in [0.1, 0.15) is 135 Å². The van der Waals surface area contributed by atoms with Gasteiger partial charge in [0.1, 0.15) is 34.9 Å². The summed E-state index contributed by atoms with van der Waals surface area (Å²) in [7, 11) is -1.00. The van der Waals surface area contributed by atoms with Gasteiger partial charge in [-0.3, -0.25) is 14.0 Å². The number of piperidine rings is 2. The van der Waals surface area contributed by atoms with Gasteiger partial charge in [-0.2, -0.15) is 0 Å². The largest absolute Gasteiger partial charge is 0.466 e. The van der Waals surface area contributed by atoms with E-state index in [1.165, 1.54) is 6.92 Å². The second kappa shape index (κ2) is 26.2. The number of amides is 2. The Labute approximate surface area is 392 Å². The molecule has 3 aromatic heterocycles. The highest BCUT2D eigenvalue weighted by molar-refractivity contribution is 9.10. The van der Waals surface area contributed by atoms with Crippen molar-refractivity contribution in [3.8, 4) is 0 Å². The molecule has 64 heavy (non-hydrogen) atoms. The molecule has 0 radical (unpaired) electrons. The molecule has 17 heteroatoms. The fourth-order valence-electron chi connectivity index (χ4n) is 7.47. The molecule has 362 valence electrons. The molecule has 0 aliphatic carbocycles. The number of Topliss-reactive ketones (excluding diaryl/α,β-unsaturated/α-hetero) is 1. The topological polar surface area (TPSA) is 171 Å².